The van der Waals surface area contributed by atoms with Gasteiger partial charge >= 0.3 is 5.97 Å². The Hall–Kier alpha value is -1.89. The second-order valence-corrected chi connectivity index (χ2v) is 4.75. The molecule has 0 bridgehead atoms. The van der Waals surface area contributed by atoms with Crippen molar-refractivity contribution in [3.05, 3.63) is 39.4 Å². The SMILES string of the molecule is CCOC(=O)c1ccc([N+](=O)[O-])cc1CSC(C)=O. The second kappa shape index (κ2) is 6.89. The molecule has 102 valence electrons. The minimum atomic E-state index is -0.545. The van der Waals surface area contributed by atoms with E-state index < -0.39 is 10.9 Å². The monoisotopic (exact) mass is 283 g/mol. The van der Waals surface area contributed by atoms with E-state index in [2.05, 4.69) is 0 Å². The van der Waals surface area contributed by atoms with Crippen molar-refractivity contribution >= 4 is 28.5 Å². The lowest BCUT2D eigenvalue weighted by atomic mass is 10.1. The normalized spacial score (nSPS) is 10.0. The molecule has 1 rings (SSSR count). The van der Waals surface area contributed by atoms with E-state index in [0.29, 0.717) is 5.56 Å². The summed E-state index contributed by atoms with van der Waals surface area (Å²) in [4.78, 5) is 32.8. The van der Waals surface area contributed by atoms with E-state index in [0.717, 1.165) is 11.8 Å². The minimum Gasteiger partial charge on any atom is -0.462 e. The average molecular weight is 283 g/mol. The van der Waals surface area contributed by atoms with Crippen LogP contribution in [0.2, 0.25) is 0 Å². The molecule has 6 nitrogen and oxygen atoms in total. The summed E-state index contributed by atoms with van der Waals surface area (Å²) in [5, 5.41) is 10.6. The van der Waals surface area contributed by atoms with E-state index in [-0.39, 0.29) is 28.7 Å². The Morgan fingerprint density at radius 3 is 2.63 bits per heavy atom. The van der Waals surface area contributed by atoms with E-state index in [1.165, 1.54) is 25.1 Å². The lowest BCUT2D eigenvalue weighted by Gasteiger charge is -2.07. The molecule has 0 fully saturated rings. The fourth-order valence-corrected chi connectivity index (χ4v) is 2.00. The van der Waals surface area contributed by atoms with Crippen LogP contribution in [0, 0.1) is 10.1 Å². The fraction of sp³-hybridized carbons (Fsp3) is 0.333. The zero-order valence-corrected chi connectivity index (χ0v) is 11.4. The molecule has 0 saturated heterocycles. The highest BCUT2D eigenvalue weighted by atomic mass is 32.2. The topological polar surface area (TPSA) is 86.5 Å². The molecule has 0 atom stereocenters. The maximum Gasteiger partial charge on any atom is 0.338 e. The summed E-state index contributed by atoms with van der Waals surface area (Å²) >= 11 is 0.985. The van der Waals surface area contributed by atoms with Crippen molar-refractivity contribution in [2.75, 3.05) is 6.61 Å². The van der Waals surface area contributed by atoms with Gasteiger partial charge in [-0.05, 0) is 18.6 Å². The first-order chi connectivity index (χ1) is 8.95. The van der Waals surface area contributed by atoms with Crippen LogP contribution >= 0.6 is 11.8 Å². The van der Waals surface area contributed by atoms with Gasteiger partial charge in [0.05, 0.1) is 17.1 Å². The van der Waals surface area contributed by atoms with Gasteiger partial charge in [-0.1, -0.05) is 11.8 Å². The van der Waals surface area contributed by atoms with Crippen LogP contribution in [-0.4, -0.2) is 22.6 Å². The Morgan fingerprint density at radius 2 is 2.11 bits per heavy atom. The molecule has 0 aliphatic heterocycles. The Bertz CT molecular complexity index is 515. The summed E-state index contributed by atoms with van der Waals surface area (Å²) in [6.07, 6.45) is 0. The molecule has 0 aliphatic carbocycles. The zero-order valence-electron chi connectivity index (χ0n) is 10.5. The molecule has 7 heteroatoms. The summed E-state index contributed by atoms with van der Waals surface area (Å²) in [5.41, 5.74) is 0.557. The van der Waals surface area contributed by atoms with Crippen molar-refractivity contribution in [2.24, 2.45) is 0 Å². The number of benzene rings is 1. The summed E-state index contributed by atoms with van der Waals surface area (Å²) in [6.45, 7) is 3.29. The second-order valence-electron chi connectivity index (χ2n) is 3.60. The third kappa shape index (κ3) is 4.36. The molecule has 1 aromatic rings. The molecule has 0 saturated carbocycles. The van der Waals surface area contributed by atoms with Gasteiger partial charge in [0.25, 0.3) is 5.69 Å². The van der Waals surface area contributed by atoms with Gasteiger partial charge in [0, 0.05) is 24.8 Å². The van der Waals surface area contributed by atoms with Crippen LogP contribution in [0.25, 0.3) is 0 Å². The Labute approximate surface area is 114 Å². The number of nitro benzene ring substituents is 1. The van der Waals surface area contributed by atoms with E-state index in [4.69, 9.17) is 4.74 Å². The van der Waals surface area contributed by atoms with Gasteiger partial charge in [-0.25, -0.2) is 4.79 Å². The van der Waals surface area contributed by atoms with Gasteiger partial charge < -0.3 is 4.74 Å². The molecular weight excluding hydrogens is 270 g/mol. The smallest absolute Gasteiger partial charge is 0.338 e. The Balaban J connectivity index is 3.10. The molecule has 0 radical (unpaired) electrons. The molecule has 0 heterocycles. The molecule has 0 N–H and O–H groups in total. The first-order valence-electron chi connectivity index (χ1n) is 5.53. The molecule has 0 aliphatic rings. The third-order valence-corrected chi connectivity index (χ3v) is 3.09. The van der Waals surface area contributed by atoms with E-state index in [1.807, 2.05) is 0 Å². The Kier molecular flexibility index (Phi) is 5.50. The van der Waals surface area contributed by atoms with Crippen molar-refractivity contribution in [2.45, 2.75) is 19.6 Å². The van der Waals surface area contributed by atoms with Crippen molar-refractivity contribution < 1.29 is 19.2 Å². The number of nitrogens with zero attached hydrogens (tertiary/aromatic N) is 1. The molecule has 0 unspecified atom stereocenters. The highest BCUT2D eigenvalue weighted by molar-refractivity contribution is 8.12. The van der Waals surface area contributed by atoms with Crippen LogP contribution in [0.1, 0.15) is 29.8 Å². The first-order valence-corrected chi connectivity index (χ1v) is 6.52. The van der Waals surface area contributed by atoms with Gasteiger partial charge in [0.2, 0.25) is 0 Å². The van der Waals surface area contributed by atoms with Crippen LogP contribution in [0.3, 0.4) is 0 Å². The van der Waals surface area contributed by atoms with Crippen molar-refractivity contribution in [1.82, 2.24) is 0 Å². The van der Waals surface area contributed by atoms with Gasteiger partial charge in [-0.15, -0.1) is 0 Å². The van der Waals surface area contributed by atoms with Crippen LogP contribution in [0.4, 0.5) is 5.69 Å². The number of nitro groups is 1. The number of hydrogen-bond donors (Lipinski definition) is 0. The number of rotatable bonds is 5. The van der Waals surface area contributed by atoms with Gasteiger partial charge in [-0.2, -0.15) is 0 Å². The van der Waals surface area contributed by atoms with Crippen LogP contribution in [-0.2, 0) is 15.3 Å². The number of carbonyl (C=O) groups excluding carboxylic acids is 2. The average Bonchev–Trinajstić information content (AvgIpc) is 2.36. The van der Waals surface area contributed by atoms with Crippen molar-refractivity contribution in [3.8, 4) is 0 Å². The predicted molar refractivity (Wildman–Crippen MR) is 71.0 cm³/mol. The summed E-state index contributed by atoms with van der Waals surface area (Å²) < 4.78 is 4.87. The minimum absolute atomic E-state index is 0.118. The van der Waals surface area contributed by atoms with Gasteiger partial charge in [0.1, 0.15) is 0 Å². The largest absolute Gasteiger partial charge is 0.462 e. The van der Waals surface area contributed by atoms with Crippen LogP contribution < -0.4 is 0 Å². The number of ether oxygens (including phenoxy) is 1. The van der Waals surface area contributed by atoms with Crippen LogP contribution in [0.5, 0.6) is 0 Å². The highest BCUT2D eigenvalue weighted by Gasteiger charge is 2.17. The quantitative estimate of drug-likeness (QED) is 0.469. The number of carbonyl (C=O) groups is 2. The van der Waals surface area contributed by atoms with E-state index in [1.54, 1.807) is 6.92 Å². The fourth-order valence-electron chi connectivity index (χ4n) is 1.40. The van der Waals surface area contributed by atoms with Crippen molar-refractivity contribution in [1.29, 1.82) is 0 Å². The summed E-state index contributed by atoms with van der Waals surface area (Å²) in [5.74, 6) is -0.345. The molecule has 0 amide bonds. The lowest BCUT2D eigenvalue weighted by molar-refractivity contribution is -0.384. The predicted octanol–water partition coefficient (Wildman–Crippen LogP) is 2.55. The number of non-ortho nitro benzene ring substituents is 1. The number of esters is 1. The van der Waals surface area contributed by atoms with Gasteiger partial charge in [-0.3, -0.25) is 14.9 Å². The lowest BCUT2D eigenvalue weighted by Crippen LogP contribution is -2.08. The molecule has 1 aromatic carbocycles. The van der Waals surface area contributed by atoms with E-state index >= 15 is 0 Å². The number of hydrogen-bond acceptors (Lipinski definition) is 6. The van der Waals surface area contributed by atoms with E-state index in [9.17, 15) is 19.7 Å². The third-order valence-electron chi connectivity index (χ3n) is 2.23. The summed E-state index contributed by atoms with van der Waals surface area (Å²) in [6, 6.07) is 3.89. The highest BCUT2D eigenvalue weighted by Crippen LogP contribution is 2.23. The summed E-state index contributed by atoms with van der Waals surface area (Å²) in [7, 11) is 0. The molecule has 19 heavy (non-hydrogen) atoms. The van der Waals surface area contributed by atoms with Gasteiger partial charge in [0.15, 0.2) is 5.12 Å². The standard InChI is InChI=1S/C12H13NO5S/c1-3-18-12(15)11-5-4-10(13(16)17)6-9(11)7-19-8(2)14/h4-6H,3,7H2,1-2H3. The zero-order chi connectivity index (χ0) is 14.4. The molecule has 0 spiro atoms. The first kappa shape index (κ1) is 15.2. The number of thioether (sulfide) groups is 1. The maximum atomic E-state index is 11.7. The maximum absolute atomic E-state index is 11.7. The van der Waals surface area contributed by atoms with Crippen LogP contribution in [0.15, 0.2) is 18.2 Å². The molecular formula is C12H13NO5S. The Morgan fingerprint density at radius 1 is 1.42 bits per heavy atom. The molecule has 0 aromatic heterocycles. The van der Waals surface area contributed by atoms with Crippen molar-refractivity contribution in [3.63, 3.8) is 0 Å².